The molecule has 100 valence electrons. The zero-order chi connectivity index (χ0) is 14.0. The molecule has 1 aromatic carbocycles. The van der Waals surface area contributed by atoms with Crippen LogP contribution in [-0.2, 0) is 10.0 Å². The minimum atomic E-state index is -3.67. The maximum Gasteiger partial charge on any atom is 0.263 e. The minimum Gasteiger partial charge on any atom is -0.278 e. The van der Waals surface area contributed by atoms with Crippen molar-refractivity contribution in [1.29, 1.82) is 0 Å². The average Bonchev–Trinajstić information content (AvgIpc) is 2.35. The predicted octanol–water partition coefficient (Wildman–Crippen LogP) is 3.61. The van der Waals surface area contributed by atoms with Gasteiger partial charge in [0.1, 0.15) is 10.0 Å². The summed E-state index contributed by atoms with van der Waals surface area (Å²) in [5, 5.41) is 0.246. The van der Waals surface area contributed by atoms with Gasteiger partial charge in [-0.05, 0) is 46.6 Å². The van der Waals surface area contributed by atoms with Gasteiger partial charge in [0.15, 0.2) is 0 Å². The number of anilines is 1. The zero-order valence-corrected chi connectivity index (χ0v) is 13.1. The summed E-state index contributed by atoms with van der Waals surface area (Å²) in [6.45, 7) is 1.88. The van der Waals surface area contributed by atoms with E-state index >= 15 is 0 Å². The van der Waals surface area contributed by atoms with E-state index < -0.39 is 10.0 Å². The molecule has 0 aliphatic heterocycles. The Morgan fingerprint density at radius 1 is 1.26 bits per heavy atom. The summed E-state index contributed by atoms with van der Waals surface area (Å²) in [4.78, 5) is 3.82. The Morgan fingerprint density at radius 3 is 2.63 bits per heavy atom. The Bertz CT molecular complexity index is 702. The van der Waals surface area contributed by atoms with Gasteiger partial charge < -0.3 is 0 Å². The van der Waals surface area contributed by atoms with E-state index in [1.54, 1.807) is 12.1 Å². The third kappa shape index (κ3) is 3.26. The van der Waals surface area contributed by atoms with Gasteiger partial charge in [-0.15, -0.1) is 0 Å². The van der Waals surface area contributed by atoms with Crippen molar-refractivity contribution in [3.63, 3.8) is 0 Å². The van der Waals surface area contributed by atoms with E-state index in [2.05, 4.69) is 25.6 Å². The molecule has 0 aliphatic carbocycles. The topological polar surface area (TPSA) is 59.1 Å². The van der Waals surface area contributed by atoms with Crippen LogP contribution in [0, 0.1) is 6.92 Å². The number of nitrogens with one attached hydrogen (secondary N) is 1. The summed E-state index contributed by atoms with van der Waals surface area (Å²) >= 11 is 8.99. The Labute approximate surface area is 125 Å². The van der Waals surface area contributed by atoms with Gasteiger partial charge in [-0.1, -0.05) is 23.7 Å². The largest absolute Gasteiger partial charge is 0.278 e. The Hall–Kier alpha value is -1.11. The van der Waals surface area contributed by atoms with Crippen LogP contribution in [0.1, 0.15) is 5.56 Å². The van der Waals surface area contributed by atoms with Crippen LogP contribution in [0.4, 0.5) is 5.69 Å². The lowest BCUT2D eigenvalue weighted by molar-refractivity contribution is 0.601. The molecule has 0 saturated heterocycles. The summed E-state index contributed by atoms with van der Waals surface area (Å²) in [5.74, 6) is 0. The zero-order valence-electron chi connectivity index (χ0n) is 9.89. The van der Waals surface area contributed by atoms with Crippen molar-refractivity contribution in [3.8, 4) is 0 Å². The van der Waals surface area contributed by atoms with Crippen LogP contribution in [0.5, 0.6) is 0 Å². The summed E-state index contributed by atoms with van der Waals surface area (Å²) in [5.41, 5.74) is 1.42. The molecule has 0 fully saturated rings. The van der Waals surface area contributed by atoms with Crippen LogP contribution in [0.25, 0.3) is 0 Å². The molecule has 0 spiro atoms. The van der Waals surface area contributed by atoms with Crippen LogP contribution >= 0.6 is 27.5 Å². The van der Waals surface area contributed by atoms with Crippen LogP contribution in [0.2, 0.25) is 5.15 Å². The minimum absolute atomic E-state index is 0.0605. The van der Waals surface area contributed by atoms with E-state index in [0.717, 1.165) is 5.56 Å². The lowest BCUT2D eigenvalue weighted by Gasteiger charge is -2.10. The molecule has 0 bridgehead atoms. The molecule has 1 aromatic heterocycles. The lowest BCUT2D eigenvalue weighted by atomic mass is 10.2. The second kappa shape index (κ2) is 5.48. The van der Waals surface area contributed by atoms with Crippen molar-refractivity contribution >= 4 is 43.2 Å². The second-order valence-corrected chi connectivity index (χ2v) is 6.72. The number of aromatic nitrogens is 1. The number of nitrogens with zero attached hydrogens (tertiary/aromatic N) is 1. The van der Waals surface area contributed by atoms with E-state index in [4.69, 9.17) is 11.6 Å². The molecule has 4 nitrogen and oxygen atoms in total. The molecule has 2 aromatic rings. The Morgan fingerprint density at radius 2 is 2.00 bits per heavy atom. The first-order chi connectivity index (χ1) is 8.90. The van der Waals surface area contributed by atoms with E-state index in [1.807, 2.05) is 13.0 Å². The van der Waals surface area contributed by atoms with Crippen LogP contribution in [0.15, 0.2) is 45.9 Å². The molecule has 2 rings (SSSR count). The molecular weight excluding hydrogens is 352 g/mol. The fourth-order valence-corrected chi connectivity index (χ4v) is 3.07. The van der Waals surface area contributed by atoms with Crippen molar-refractivity contribution in [2.75, 3.05) is 4.72 Å². The first-order valence-electron chi connectivity index (χ1n) is 5.29. The van der Waals surface area contributed by atoms with Crippen molar-refractivity contribution in [2.24, 2.45) is 0 Å². The molecule has 1 N–H and O–H groups in total. The smallest absolute Gasteiger partial charge is 0.263 e. The molecule has 0 saturated carbocycles. The third-order valence-electron chi connectivity index (χ3n) is 2.45. The highest BCUT2D eigenvalue weighted by Gasteiger charge is 2.16. The van der Waals surface area contributed by atoms with E-state index in [1.165, 1.54) is 18.3 Å². The number of aryl methyl sites for hydroxylation is 1. The molecule has 0 atom stereocenters. The maximum absolute atomic E-state index is 12.2. The first kappa shape index (κ1) is 14.3. The molecule has 7 heteroatoms. The van der Waals surface area contributed by atoms with Crippen LogP contribution < -0.4 is 4.72 Å². The number of pyridine rings is 1. The lowest BCUT2D eigenvalue weighted by Crippen LogP contribution is -2.13. The molecule has 0 amide bonds. The highest BCUT2D eigenvalue weighted by molar-refractivity contribution is 9.10. The summed E-state index contributed by atoms with van der Waals surface area (Å²) in [6.07, 6.45) is 1.22. The summed E-state index contributed by atoms with van der Waals surface area (Å²) < 4.78 is 27.5. The van der Waals surface area contributed by atoms with Crippen LogP contribution in [-0.4, -0.2) is 13.4 Å². The maximum atomic E-state index is 12.2. The van der Waals surface area contributed by atoms with Gasteiger partial charge >= 0.3 is 0 Å². The number of hydrogen-bond acceptors (Lipinski definition) is 3. The molecule has 0 radical (unpaired) electrons. The van der Waals surface area contributed by atoms with E-state index in [0.29, 0.717) is 10.2 Å². The van der Waals surface area contributed by atoms with E-state index in [9.17, 15) is 8.42 Å². The quantitative estimate of drug-likeness (QED) is 0.850. The van der Waals surface area contributed by atoms with Gasteiger partial charge in [-0.2, -0.15) is 0 Å². The van der Waals surface area contributed by atoms with Crippen molar-refractivity contribution < 1.29 is 8.42 Å². The predicted molar refractivity (Wildman–Crippen MR) is 78.9 cm³/mol. The highest BCUT2D eigenvalue weighted by atomic mass is 79.9. The van der Waals surface area contributed by atoms with Crippen molar-refractivity contribution in [1.82, 2.24) is 4.98 Å². The van der Waals surface area contributed by atoms with Gasteiger partial charge in [0.25, 0.3) is 10.0 Å². The van der Waals surface area contributed by atoms with Gasteiger partial charge in [-0.25, -0.2) is 13.4 Å². The number of rotatable bonds is 3. The SMILES string of the molecule is Cc1cccc(NS(=O)(=O)c2ccc(Cl)nc2)c1Br. The number of hydrogen-bond donors (Lipinski definition) is 1. The van der Waals surface area contributed by atoms with Gasteiger partial charge in [-0.3, -0.25) is 4.72 Å². The fraction of sp³-hybridized carbons (Fsp3) is 0.0833. The standard InChI is InChI=1S/C12H10BrClN2O2S/c1-8-3-2-4-10(12(8)13)16-19(17,18)9-5-6-11(14)15-7-9/h2-7,16H,1H3. The number of sulfonamides is 1. The van der Waals surface area contributed by atoms with E-state index in [-0.39, 0.29) is 10.0 Å². The molecule has 19 heavy (non-hydrogen) atoms. The Kier molecular flexibility index (Phi) is 4.13. The van der Waals surface area contributed by atoms with Crippen molar-refractivity contribution in [2.45, 2.75) is 11.8 Å². The Balaban J connectivity index is 2.36. The van der Waals surface area contributed by atoms with Gasteiger partial charge in [0.05, 0.1) is 5.69 Å². The van der Waals surface area contributed by atoms with Gasteiger partial charge in [0, 0.05) is 10.7 Å². The molecule has 0 unspecified atom stereocenters. The monoisotopic (exact) mass is 360 g/mol. The van der Waals surface area contributed by atoms with Gasteiger partial charge in [0.2, 0.25) is 0 Å². The average molecular weight is 362 g/mol. The normalized spacial score (nSPS) is 11.3. The molecule has 1 heterocycles. The molecule has 0 aliphatic rings. The number of halogens is 2. The number of benzene rings is 1. The first-order valence-corrected chi connectivity index (χ1v) is 7.95. The van der Waals surface area contributed by atoms with Crippen molar-refractivity contribution in [3.05, 3.63) is 51.7 Å². The second-order valence-electron chi connectivity index (χ2n) is 3.86. The highest BCUT2D eigenvalue weighted by Crippen LogP contribution is 2.27. The fourth-order valence-electron chi connectivity index (χ4n) is 1.45. The summed E-state index contributed by atoms with van der Waals surface area (Å²) in [7, 11) is -3.67. The summed E-state index contributed by atoms with van der Waals surface area (Å²) in [6, 6.07) is 8.17. The van der Waals surface area contributed by atoms with Crippen LogP contribution in [0.3, 0.4) is 0 Å². The third-order valence-corrected chi connectivity index (χ3v) is 5.07. The molecular formula is C12H10BrClN2O2S.